The maximum absolute atomic E-state index is 6.33. The van der Waals surface area contributed by atoms with E-state index >= 15 is 0 Å². The summed E-state index contributed by atoms with van der Waals surface area (Å²) in [5, 5.41) is 6.93. The lowest BCUT2D eigenvalue weighted by molar-refractivity contribution is 0.669. The molecule has 0 aliphatic carbocycles. The highest BCUT2D eigenvalue weighted by Crippen LogP contribution is 2.38. The van der Waals surface area contributed by atoms with Gasteiger partial charge in [0.15, 0.2) is 0 Å². The standard InChI is InChI=1S/C40H24N4O/c1-3-10-35-29(8-1)30-9-2-4-11-36(30)43(35)27-7-5-6-25(20-27)26-12-14-39-32(21-26)33-22-28(13-15-40(33)45-39)44-37-17-19-41-23-34(37)31-16-18-42-24-38(31)44/h1-24H. The van der Waals surface area contributed by atoms with Gasteiger partial charge < -0.3 is 13.6 Å². The molecule has 45 heavy (non-hydrogen) atoms. The third-order valence-electron chi connectivity index (χ3n) is 9.10. The first-order chi connectivity index (χ1) is 22.3. The molecule has 0 aliphatic rings. The first-order valence-electron chi connectivity index (χ1n) is 15.1. The van der Waals surface area contributed by atoms with Crippen LogP contribution >= 0.6 is 0 Å². The van der Waals surface area contributed by atoms with Gasteiger partial charge in [0.1, 0.15) is 11.2 Å². The molecule has 5 aromatic heterocycles. The van der Waals surface area contributed by atoms with Gasteiger partial charge in [0.2, 0.25) is 0 Å². The Kier molecular flexibility index (Phi) is 4.93. The van der Waals surface area contributed by atoms with Crippen LogP contribution in [0, 0.1) is 0 Å². The number of benzene rings is 5. The monoisotopic (exact) mass is 576 g/mol. The molecule has 0 radical (unpaired) electrons. The Balaban J connectivity index is 1.15. The normalized spacial score (nSPS) is 12.0. The van der Waals surface area contributed by atoms with E-state index in [1.165, 1.54) is 21.8 Å². The van der Waals surface area contributed by atoms with E-state index in [0.717, 1.165) is 66.2 Å². The Morgan fingerprint density at radius 2 is 1.02 bits per heavy atom. The topological polar surface area (TPSA) is 48.8 Å². The predicted octanol–water partition coefficient (Wildman–Crippen LogP) is 10.2. The average Bonchev–Trinajstić information content (AvgIpc) is 3.75. The number of nitrogens with zero attached hydrogens (tertiary/aromatic N) is 4. The summed E-state index contributed by atoms with van der Waals surface area (Å²) in [6, 6.07) is 43.1. The van der Waals surface area contributed by atoms with Crippen molar-refractivity contribution in [3.8, 4) is 22.5 Å². The molecule has 0 N–H and O–H groups in total. The molecule has 210 valence electrons. The van der Waals surface area contributed by atoms with Crippen LogP contribution in [0.5, 0.6) is 0 Å². The first kappa shape index (κ1) is 24.3. The Hall–Kier alpha value is -6.20. The highest BCUT2D eigenvalue weighted by Gasteiger charge is 2.16. The zero-order valence-corrected chi connectivity index (χ0v) is 24.1. The summed E-state index contributed by atoms with van der Waals surface area (Å²) in [4.78, 5) is 8.83. The smallest absolute Gasteiger partial charge is 0.135 e. The number of rotatable bonds is 3. The van der Waals surface area contributed by atoms with Crippen LogP contribution in [0.3, 0.4) is 0 Å². The van der Waals surface area contributed by atoms with E-state index in [-0.39, 0.29) is 0 Å². The minimum absolute atomic E-state index is 0.866. The number of aromatic nitrogens is 4. The van der Waals surface area contributed by atoms with Crippen LogP contribution < -0.4 is 0 Å². The fourth-order valence-electron chi connectivity index (χ4n) is 7.10. The first-order valence-corrected chi connectivity index (χ1v) is 15.1. The maximum atomic E-state index is 6.33. The van der Waals surface area contributed by atoms with E-state index in [9.17, 15) is 0 Å². The van der Waals surface area contributed by atoms with Gasteiger partial charge in [-0.05, 0) is 77.9 Å². The minimum atomic E-state index is 0.866. The minimum Gasteiger partial charge on any atom is -0.456 e. The van der Waals surface area contributed by atoms with Crippen LogP contribution in [-0.2, 0) is 0 Å². The van der Waals surface area contributed by atoms with Gasteiger partial charge in [-0.15, -0.1) is 0 Å². The molecule has 0 bridgehead atoms. The van der Waals surface area contributed by atoms with E-state index in [4.69, 9.17) is 4.42 Å². The van der Waals surface area contributed by atoms with Crippen LogP contribution in [0.2, 0.25) is 0 Å². The van der Waals surface area contributed by atoms with Crippen LogP contribution in [0.15, 0.2) is 151 Å². The van der Waals surface area contributed by atoms with Crippen molar-refractivity contribution in [2.75, 3.05) is 0 Å². The van der Waals surface area contributed by atoms with Gasteiger partial charge in [-0.1, -0.05) is 54.6 Å². The maximum Gasteiger partial charge on any atom is 0.135 e. The van der Waals surface area contributed by atoms with Gasteiger partial charge in [0.25, 0.3) is 0 Å². The molecule has 10 aromatic rings. The van der Waals surface area contributed by atoms with Crippen molar-refractivity contribution in [3.05, 3.63) is 146 Å². The molecule has 5 nitrogen and oxygen atoms in total. The number of furan rings is 1. The van der Waals surface area contributed by atoms with Crippen molar-refractivity contribution >= 4 is 65.6 Å². The molecule has 5 aromatic carbocycles. The second kappa shape index (κ2) is 9.15. The fraction of sp³-hybridized carbons (Fsp3) is 0. The van der Waals surface area contributed by atoms with Crippen molar-refractivity contribution in [2.24, 2.45) is 0 Å². The molecule has 0 fully saturated rings. The van der Waals surface area contributed by atoms with Gasteiger partial charge >= 0.3 is 0 Å². The number of para-hydroxylation sites is 2. The molecule has 0 spiro atoms. The number of fused-ring (bicyclic) bond motifs is 9. The number of hydrogen-bond acceptors (Lipinski definition) is 3. The fourth-order valence-corrected chi connectivity index (χ4v) is 7.10. The van der Waals surface area contributed by atoms with Gasteiger partial charge in [-0.2, -0.15) is 0 Å². The highest BCUT2D eigenvalue weighted by molar-refractivity contribution is 6.11. The summed E-state index contributed by atoms with van der Waals surface area (Å²) in [5.74, 6) is 0. The lowest BCUT2D eigenvalue weighted by atomic mass is 10.0. The van der Waals surface area contributed by atoms with Crippen molar-refractivity contribution in [3.63, 3.8) is 0 Å². The van der Waals surface area contributed by atoms with E-state index in [0.29, 0.717) is 0 Å². The van der Waals surface area contributed by atoms with E-state index in [1.54, 1.807) is 0 Å². The third-order valence-corrected chi connectivity index (χ3v) is 9.10. The van der Waals surface area contributed by atoms with Crippen LogP contribution in [0.4, 0.5) is 0 Å². The average molecular weight is 577 g/mol. The van der Waals surface area contributed by atoms with Crippen LogP contribution in [-0.4, -0.2) is 19.1 Å². The van der Waals surface area contributed by atoms with Gasteiger partial charge in [-0.3, -0.25) is 9.97 Å². The van der Waals surface area contributed by atoms with E-state index < -0.39 is 0 Å². The van der Waals surface area contributed by atoms with Crippen LogP contribution in [0.25, 0.3) is 88.1 Å². The van der Waals surface area contributed by atoms with Crippen molar-refractivity contribution in [1.82, 2.24) is 19.1 Å². The van der Waals surface area contributed by atoms with Gasteiger partial charge in [0.05, 0.1) is 28.3 Å². The Morgan fingerprint density at radius 3 is 1.87 bits per heavy atom. The molecule has 10 rings (SSSR count). The zero-order chi connectivity index (χ0) is 29.5. The van der Waals surface area contributed by atoms with Gasteiger partial charge in [-0.25, -0.2) is 0 Å². The lowest BCUT2D eigenvalue weighted by Crippen LogP contribution is -1.94. The lowest BCUT2D eigenvalue weighted by Gasteiger charge is -2.10. The molecule has 0 aliphatic heterocycles. The second-order valence-corrected chi connectivity index (χ2v) is 11.5. The Morgan fingerprint density at radius 1 is 0.400 bits per heavy atom. The van der Waals surface area contributed by atoms with Crippen molar-refractivity contribution < 1.29 is 4.42 Å². The molecule has 0 saturated carbocycles. The summed E-state index contributed by atoms with van der Waals surface area (Å²) >= 11 is 0. The van der Waals surface area contributed by atoms with Gasteiger partial charge in [0, 0.05) is 62.3 Å². The predicted molar refractivity (Wildman–Crippen MR) is 183 cm³/mol. The molecule has 0 amide bonds. The van der Waals surface area contributed by atoms with Crippen molar-refractivity contribution in [1.29, 1.82) is 0 Å². The highest BCUT2D eigenvalue weighted by atomic mass is 16.3. The van der Waals surface area contributed by atoms with E-state index in [2.05, 4.69) is 140 Å². The molecular weight excluding hydrogens is 552 g/mol. The summed E-state index contributed by atoms with van der Waals surface area (Å²) in [5.41, 5.74) is 10.8. The SMILES string of the molecule is c1cc(-c2ccc3oc4ccc(-n5c6ccncc6c6ccncc65)cc4c3c2)cc(-n2c3ccccc3c3ccccc32)c1. The molecule has 5 heterocycles. The zero-order valence-electron chi connectivity index (χ0n) is 24.1. The summed E-state index contributed by atoms with van der Waals surface area (Å²) in [6.07, 6.45) is 7.54. The second-order valence-electron chi connectivity index (χ2n) is 11.5. The summed E-state index contributed by atoms with van der Waals surface area (Å²) in [7, 11) is 0. The molecule has 0 saturated heterocycles. The van der Waals surface area contributed by atoms with E-state index in [1.807, 2.05) is 24.8 Å². The number of hydrogen-bond donors (Lipinski definition) is 0. The van der Waals surface area contributed by atoms with Crippen molar-refractivity contribution in [2.45, 2.75) is 0 Å². The summed E-state index contributed by atoms with van der Waals surface area (Å²) in [6.45, 7) is 0. The largest absolute Gasteiger partial charge is 0.456 e. The number of pyridine rings is 2. The molecule has 0 atom stereocenters. The Bertz CT molecular complexity index is 2670. The Labute approximate surface area is 257 Å². The van der Waals surface area contributed by atoms with Crippen LogP contribution in [0.1, 0.15) is 0 Å². The molecule has 0 unspecified atom stereocenters. The molecule has 5 heteroatoms. The summed E-state index contributed by atoms with van der Waals surface area (Å²) < 4.78 is 11.0. The molecular formula is C40H24N4O. The third kappa shape index (κ3) is 3.49. The quantitative estimate of drug-likeness (QED) is 0.210.